The molecule has 37 heavy (non-hydrogen) atoms. The van der Waals surface area contributed by atoms with Crippen molar-refractivity contribution < 1.29 is 39.1 Å². The number of carbonyl (C=O) groups excluding carboxylic acids is 1. The predicted octanol–water partition coefficient (Wildman–Crippen LogP) is 3.91. The number of aliphatic hydroxyl groups is 2. The van der Waals surface area contributed by atoms with Crippen LogP contribution in [0.3, 0.4) is 0 Å². The Morgan fingerprint density at radius 1 is 0.973 bits per heavy atom. The largest absolute Gasteiger partial charge is 0.480 e. The fourth-order valence-electron chi connectivity index (χ4n) is 3.06. The molecule has 206 valence electrons. The van der Waals surface area contributed by atoms with Crippen LogP contribution in [0.2, 0.25) is 0 Å². The first-order valence-corrected chi connectivity index (χ1v) is 12.3. The highest BCUT2D eigenvalue weighted by Gasteiger charge is 2.24. The van der Waals surface area contributed by atoms with Crippen LogP contribution in [-0.2, 0) is 32.2 Å². The summed E-state index contributed by atoms with van der Waals surface area (Å²) < 4.78 is 16.4. The zero-order valence-corrected chi connectivity index (χ0v) is 22.1. The summed E-state index contributed by atoms with van der Waals surface area (Å²) >= 11 is 0. The van der Waals surface area contributed by atoms with Crippen LogP contribution in [0.1, 0.15) is 51.7 Å². The van der Waals surface area contributed by atoms with Gasteiger partial charge in [0.25, 0.3) is 0 Å². The molecule has 0 aliphatic carbocycles. The second-order valence-electron chi connectivity index (χ2n) is 9.55. The first kappa shape index (κ1) is 32.0. The molecule has 0 saturated carbocycles. The third kappa shape index (κ3) is 16.4. The summed E-state index contributed by atoms with van der Waals surface area (Å²) in [7, 11) is 0. The van der Waals surface area contributed by atoms with Gasteiger partial charge in [-0.05, 0) is 51.7 Å². The Hall–Kier alpha value is -2.98. The number of rotatable bonds is 13. The molecular weight excluding hydrogens is 478 g/mol. The van der Waals surface area contributed by atoms with E-state index in [9.17, 15) is 19.8 Å². The molecule has 0 radical (unpaired) electrons. The van der Waals surface area contributed by atoms with E-state index >= 15 is 0 Å². The second kappa shape index (κ2) is 17.5. The molecule has 0 bridgehead atoms. The van der Waals surface area contributed by atoms with Gasteiger partial charge in [0.05, 0.1) is 32.0 Å². The monoisotopic (exact) mass is 519 g/mol. The average Bonchev–Trinajstić information content (AvgIpc) is 2.84. The van der Waals surface area contributed by atoms with Crippen molar-refractivity contribution in [3.63, 3.8) is 0 Å². The van der Waals surface area contributed by atoms with E-state index in [1.165, 1.54) is 0 Å². The molecule has 9 nitrogen and oxygen atoms in total. The number of benzene rings is 2. The van der Waals surface area contributed by atoms with E-state index in [2.05, 4.69) is 5.32 Å². The fourth-order valence-corrected chi connectivity index (χ4v) is 3.06. The number of carboxylic acids is 1. The van der Waals surface area contributed by atoms with Crippen LogP contribution < -0.4 is 5.32 Å². The summed E-state index contributed by atoms with van der Waals surface area (Å²) in [6.45, 7) is 7.34. The molecule has 0 aliphatic rings. The van der Waals surface area contributed by atoms with Crippen LogP contribution in [0.15, 0.2) is 60.7 Å². The number of ether oxygens (including phenoxy) is 3. The zero-order chi connectivity index (χ0) is 27.7. The van der Waals surface area contributed by atoms with E-state index in [1.807, 2.05) is 60.7 Å². The molecular formula is C28H41NO8. The second-order valence-corrected chi connectivity index (χ2v) is 9.55. The van der Waals surface area contributed by atoms with Crippen molar-refractivity contribution in [1.82, 2.24) is 5.32 Å². The minimum atomic E-state index is -1.22. The SMILES string of the molecule is CC(O)CC(CCOCC(NC(=O)OC(C)(C)C)C(=O)O)OCc1ccccc1.OCc1ccccc1. The van der Waals surface area contributed by atoms with Gasteiger partial charge in [0.1, 0.15) is 5.60 Å². The van der Waals surface area contributed by atoms with Gasteiger partial charge < -0.3 is 34.8 Å². The van der Waals surface area contributed by atoms with Gasteiger partial charge in [0, 0.05) is 6.61 Å². The molecule has 0 spiro atoms. The van der Waals surface area contributed by atoms with Crippen molar-refractivity contribution in [2.24, 2.45) is 0 Å². The van der Waals surface area contributed by atoms with Crippen LogP contribution in [0.4, 0.5) is 4.79 Å². The predicted molar refractivity (Wildman–Crippen MR) is 140 cm³/mol. The summed E-state index contributed by atoms with van der Waals surface area (Å²) in [6, 6.07) is 18.0. The molecule has 1 amide bonds. The fraction of sp³-hybridized carbons (Fsp3) is 0.500. The van der Waals surface area contributed by atoms with Gasteiger partial charge in [-0.3, -0.25) is 0 Å². The Morgan fingerprint density at radius 2 is 1.54 bits per heavy atom. The van der Waals surface area contributed by atoms with Crippen molar-refractivity contribution in [1.29, 1.82) is 0 Å². The molecule has 2 aromatic rings. The van der Waals surface area contributed by atoms with Crippen LogP contribution in [0.25, 0.3) is 0 Å². The molecule has 0 fully saturated rings. The quantitative estimate of drug-likeness (QED) is 0.293. The van der Waals surface area contributed by atoms with Gasteiger partial charge in [0.2, 0.25) is 0 Å². The standard InChI is InChI=1S/C21H33NO7.C7H8O/c1-15(23)12-17(28-13-16-8-6-5-7-9-16)10-11-27-14-18(19(24)25)22-20(26)29-21(2,3)4;8-6-7-4-2-1-3-5-7/h5-9,15,17-18,23H,10-14H2,1-4H3,(H,22,26)(H,24,25);1-5,8H,6H2. The molecule has 0 aromatic heterocycles. The third-order valence-electron chi connectivity index (χ3n) is 4.82. The molecule has 0 saturated heterocycles. The van der Waals surface area contributed by atoms with Crippen molar-refractivity contribution >= 4 is 12.1 Å². The molecule has 3 unspecified atom stereocenters. The molecule has 4 N–H and O–H groups in total. The highest BCUT2D eigenvalue weighted by molar-refractivity contribution is 5.80. The molecule has 2 aromatic carbocycles. The van der Waals surface area contributed by atoms with Gasteiger partial charge in [-0.25, -0.2) is 9.59 Å². The van der Waals surface area contributed by atoms with E-state index in [0.29, 0.717) is 19.4 Å². The van der Waals surface area contributed by atoms with E-state index in [1.54, 1.807) is 27.7 Å². The molecule has 0 heterocycles. The van der Waals surface area contributed by atoms with Gasteiger partial charge in [-0.1, -0.05) is 60.7 Å². The van der Waals surface area contributed by atoms with E-state index < -0.39 is 29.8 Å². The lowest BCUT2D eigenvalue weighted by Crippen LogP contribution is -2.46. The van der Waals surface area contributed by atoms with Crippen LogP contribution in [-0.4, -0.2) is 64.4 Å². The summed E-state index contributed by atoms with van der Waals surface area (Å²) in [6.07, 6.45) is -0.661. The molecule has 3 atom stereocenters. The first-order chi connectivity index (χ1) is 17.5. The Morgan fingerprint density at radius 3 is 2.00 bits per heavy atom. The van der Waals surface area contributed by atoms with Crippen LogP contribution in [0, 0.1) is 0 Å². The lowest BCUT2D eigenvalue weighted by Gasteiger charge is -2.22. The van der Waals surface area contributed by atoms with Gasteiger partial charge >= 0.3 is 12.1 Å². The Bertz CT molecular complexity index is 884. The molecule has 2 rings (SSSR count). The summed E-state index contributed by atoms with van der Waals surface area (Å²) in [5.74, 6) is -1.21. The summed E-state index contributed by atoms with van der Waals surface area (Å²) in [4.78, 5) is 23.1. The smallest absolute Gasteiger partial charge is 0.408 e. The number of nitrogens with one attached hydrogen (secondary N) is 1. The minimum absolute atomic E-state index is 0.140. The summed E-state index contributed by atoms with van der Waals surface area (Å²) in [5.41, 5.74) is 1.27. The van der Waals surface area contributed by atoms with E-state index in [0.717, 1.165) is 11.1 Å². The van der Waals surface area contributed by atoms with Crippen molar-refractivity contribution in [3.8, 4) is 0 Å². The van der Waals surface area contributed by atoms with E-state index in [-0.39, 0.29) is 25.9 Å². The van der Waals surface area contributed by atoms with Gasteiger partial charge in [-0.15, -0.1) is 0 Å². The number of alkyl carbamates (subject to hydrolysis) is 1. The van der Waals surface area contributed by atoms with Crippen LogP contribution in [0.5, 0.6) is 0 Å². The number of carboxylic acid groups (broad SMARTS) is 1. The first-order valence-electron chi connectivity index (χ1n) is 12.3. The highest BCUT2D eigenvalue weighted by Crippen LogP contribution is 2.12. The number of carbonyl (C=O) groups is 2. The maximum atomic E-state index is 11.8. The lowest BCUT2D eigenvalue weighted by atomic mass is 10.1. The Balaban J connectivity index is 0.000000722. The van der Waals surface area contributed by atoms with Crippen LogP contribution >= 0.6 is 0 Å². The maximum Gasteiger partial charge on any atom is 0.408 e. The van der Waals surface area contributed by atoms with Gasteiger partial charge in [0.15, 0.2) is 6.04 Å². The zero-order valence-electron chi connectivity index (χ0n) is 22.1. The van der Waals surface area contributed by atoms with Crippen molar-refractivity contribution in [3.05, 3.63) is 71.8 Å². The third-order valence-corrected chi connectivity index (χ3v) is 4.82. The number of aliphatic hydroxyl groups excluding tert-OH is 2. The number of amides is 1. The average molecular weight is 520 g/mol. The minimum Gasteiger partial charge on any atom is -0.480 e. The van der Waals surface area contributed by atoms with Crippen molar-refractivity contribution in [2.75, 3.05) is 13.2 Å². The maximum absolute atomic E-state index is 11.8. The Kier molecular flexibility index (Phi) is 15.1. The highest BCUT2D eigenvalue weighted by atomic mass is 16.6. The molecule has 9 heteroatoms. The van der Waals surface area contributed by atoms with E-state index in [4.69, 9.17) is 19.3 Å². The number of hydrogen-bond donors (Lipinski definition) is 4. The van der Waals surface area contributed by atoms with Crippen molar-refractivity contribution in [2.45, 2.75) is 77.6 Å². The van der Waals surface area contributed by atoms with Gasteiger partial charge in [-0.2, -0.15) is 0 Å². The molecule has 0 aliphatic heterocycles. The number of hydrogen-bond acceptors (Lipinski definition) is 7. The summed E-state index contributed by atoms with van der Waals surface area (Å²) in [5, 5.41) is 29.7. The normalized spacial score (nSPS) is 13.5. The Labute approximate surface area is 219 Å². The lowest BCUT2D eigenvalue weighted by molar-refractivity contribution is -0.141. The number of aliphatic carboxylic acids is 1. The topological polar surface area (TPSA) is 135 Å².